The molecular weight excluding hydrogens is 370 g/mol. The molecule has 0 amide bonds. The van der Waals surface area contributed by atoms with Gasteiger partial charge in [0, 0.05) is 25.8 Å². The summed E-state index contributed by atoms with van der Waals surface area (Å²) in [5, 5.41) is 0.247. The molecule has 146 valence electrons. The van der Waals surface area contributed by atoms with Crippen LogP contribution in [0.5, 0.6) is 0 Å². The Bertz CT molecular complexity index is 1050. The van der Waals surface area contributed by atoms with Gasteiger partial charge in [0.1, 0.15) is 5.03 Å². The molecule has 0 saturated heterocycles. The molecule has 2 aromatic carbocycles. The topological polar surface area (TPSA) is 54.7 Å². The third kappa shape index (κ3) is 4.02. The Hall–Kier alpha value is -2.86. The van der Waals surface area contributed by atoms with Crippen LogP contribution in [0.2, 0.25) is 0 Å². The summed E-state index contributed by atoms with van der Waals surface area (Å²) in [6, 6.07) is 19.9. The molecule has 1 heterocycles. The summed E-state index contributed by atoms with van der Waals surface area (Å²) in [5.41, 5.74) is 2.71. The number of aliphatic imine (C=N–C) groups is 1. The van der Waals surface area contributed by atoms with Crippen molar-refractivity contribution >= 4 is 27.4 Å². The Balaban J connectivity index is 1.83. The lowest BCUT2D eigenvalue weighted by atomic mass is 10.2. The molecule has 3 aromatic rings. The van der Waals surface area contributed by atoms with Crippen molar-refractivity contribution in [1.29, 1.82) is 0 Å². The summed E-state index contributed by atoms with van der Waals surface area (Å²) < 4.78 is 27.3. The Morgan fingerprint density at radius 2 is 1.57 bits per heavy atom. The number of hydrogen-bond donors (Lipinski definition) is 0. The highest BCUT2D eigenvalue weighted by atomic mass is 32.2. The van der Waals surface area contributed by atoms with E-state index in [1.807, 2.05) is 12.1 Å². The van der Waals surface area contributed by atoms with Crippen molar-refractivity contribution in [2.45, 2.75) is 23.8 Å². The highest BCUT2D eigenvalue weighted by molar-refractivity contribution is 7.91. The molecule has 0 bridgehead atoms. The summed E-state index contributed by atoms with van der Waals surface area (Å²) in [7, 11) is -1.82. The van der Waals surface area contributed by atoms with E-state index < -0.39 is 9.84 Å². The van der Waals surface area contributed by atoms with Gasteiger partial charge in [-0.25, -0.2) is 8.42 Å². The first-order valence-corrected chi connectivity index (χ1v) is 10.8. The molecule has 0 atom stereocenters. The normalized spacial score (nSPS) is 11.8. The molecule has 28 heavy (non-hydrogen) atoms. The van der Waals surface area contributed by atoms with E-state index >= 15 is 0 Å². The second-order valence-corrected chi connectivity index (χ2v) is 8.32. The van der Waals surface area contributed by atoms with E-state index in [9.17, 15) is 8.42 Å². The Morgan fingerprint density at radius 3 is 2.18 bits per heavy atom. The van der Waals surface area contributed by atoms with Crippen molar-refractivity contribution in [1.82, 2.24) is 4.57 Å². The van der Waals surface area contributed by atoms with Gasteiger partial charge in [-0.15, -0.1) is 0 Å². The van der Waals surface area contributed by atoms with Crippen LogP contribution in [0.4, 0.5) is 11.4 Å². The molecule has 0 radical (unpaired) electrons. The van der Waals surface area contributed by atoms with E-state index in [1.165, 1.54) is 5.69 Å². The summed E-state index contributed by atoms with van der Waals surface area (Å²) >= 11 is 0. The van der Waals surface area contributed by atoms with Gasteiger partial charge in [-0.2, -0.15) is 0 Å². The molecule has 0 aliphatic carbocycles. The second kappa shape index (κ2) is 8.44. The van der Waals surface area contributed by atoms with E-state index in [0.717, 1.165) is 24.5 Å². The van der Waals surface area contributed by atoms with E-state index in [1.54, 1.807) is 60.3 Å². The van der Waals surface area contributed by atoms with Crippen molar-refractivity contribution < 1.29 is 8.42 Å². The first-order chi connectivity index (χ1) is 13.5. The molecular formula is C22H25N3O2S. The van der Waals surface area contributed by atoms with E-state index in [-0.39, 0.29) is 9.92 Å². The summed E-state index contributed by atoms with van der Waals surface area (Å²) in [4.78, 5) is 7.05. The van der Waals surface area contributed by atoms with Crippen LogP contribution in [-0.2, 0) is 16.9 Å². The maximum Gasteiger partial charge on any atom is 0.222 e. The largest absolute Gasteiger partial charge is 0.372 e. The zero-order valence-electron chi connectivity index (χ0n) is 16.4. The molecule has 6 heteroatoms. The molecule has 1 aromatic heterocycles. The van der Waals surface area contributed by atoms with Crippen molar-refractivity contribution in [3.63, 3.8) is 0 Å². The molecule has 0 unspecified atom stereocenters. The number of hydrogen-bond acceptors (Lipinski definition) is 4. The van der Waals surface area contributed by atoms with Gasteiger partial charge in [0.25, 0.3) is 0 Å². The van der Waals surface area contributed by atoms with Crippen molar-refractivity contribution in [3.05, 3.63) is 72.4 Å². The van der Waals surface area contributed by atoms with Gasteiger partial charge in [-0.05, 0) is 62.4 Å². The van der Waals surface area contributed by atoms with Gasteiger partial charge >= 0.3 is 0 Å². The van der Waals surface area contributed by atoms with Gasteiger partial charge in [0.05, 0.1) is 22.5 Å². The summed E-state index contributed by atoms with van der Waals surface area (Å²) in [6.45, 7) is 6.18. The van der Waals surface area contributed by atoms with E-state index in [2.05, 4.69) is 35.9 Å². The lowest BCUT2D eigenvalue weighted by Gasteiger charge is -2.20. The second-order valence-electron chi connectivity index (χ2n) is 6.42. The van der Waals surface area contributed by atoms with Crippen LogP contribution in [-0.4, -0.2) is 32.3 Å². The average molecular weight is 396 g/mol. The minimum absolute atomic E-state index is 0.247. The minimum atomic E-state index is -3.56. The highest BCUT2D eigenvalue weighted by Gasteiger charge is 2.21. The number of anilines is 1. The van der Waals surface area contributed by atoms with Crippen molar-refractivity contribution in [2.24, 2.45) is 12.0 Å². The average Bonchev–Trinajstić information content (AvgIpc) is 3.10. The molecule has 0 N–H and O–H groups in total. The number of nitrogens with zero attached hydrogens (tertiary/aromatic N) is 3. The van der Waals surface area contributed by atoms with Crippen LogP contribution in [0.3, 0.4) is 0 Å². The third-order valence-electron chi connectivity index (χ3n) is 4.77. The predicted molar refractivity (Wildman–Crippen MR) is 115 cm³/mol. The first-order valence-electron chi connectivity index (χ1n) is 9.32. The molecule has 3 rings (SSSR count). The smallest absolute Gasteiger partial charge is 0.222 e. The van der Waals surface area contributed by atoms with Gasteiger partial charge in [-0.1, -0.05) is 18.2 Å². The van der Waals surface area contributed by atoms with Crippen LogP contribution in [0.1, 0.15) is 19.5 Å². The van der Waals surface area contributed by atoms with E-state index in [0.29, 0.717) is 0 Å². The van der Waals surface area contributed by atoms with Gasteiger partial charge in [-0.3, -0.25) is 4.99 Å². The van der Waals surface area contributed by atoms with Gasteiger partial charge in [0.2, 0.25) is 9.84 Å². The lowest BCUT2D eigenvalue weighted by molar-refractivity contribution is 0.585. The molecule has 0 aliphatic rings. The molecule has 0 fully saturated rings. The fraction of sp³-hybridized carbons (Fsp3) is 0.227. The monoisotopic (exact) mass is 395 g/mol. The quantitative estimate of drug-likeness (QED) is 0.555. The van der Waals surface area contributed by atoms with Crippen LogP contribution in [0, 0.1) is 0 Å². The van der Waals surface area contributed by atoms with Crippen molar-refractivity contribution in [3.8, 4) is 0 Å². The molecule has 0 saturated carbocycles. The zero-order valence-corrected chi connectivity index (χ0v) is 17.2. The summed E-state index contributed by atoms with van der Waals surface area (Å²) in [5.74, 6) is 0. The van der Waals surface area contributed by atoms with Crippen LogP contribution >= 0.6 is 0 Å². The Morgan fingerprint density at radius 1 is 0.929 bits per heavy atom. The number of sulfone groups is 1. The van der Waals surface area contributed by atoms with Gasteiger partial charge < -0.3 is 9.47 Å². The minimum Gasteiger partial charge on any atom is -0.372 e. The van der Waals surface area contributed by atoms with E-state index in [4.69, 9.17) is 0 Å². The first kappa shape index (κ1) is 19.9. The highest BCUT2D eigenvalue weighted by Crippen LogP contribution is 2.23. The SMILES string of the molecule is CCN(CC)c1ccc(N=Cc2ccc(S(=O)(=O)c3ccccc3)n2C)cc1. The maximum absolute atomic E-state index is 12.8. The Kier molecular flexibility index (Phi) is 5.99. The third-order valence-corrected chi connectivity index (χ3v) is 6.62. The number of aromatic nitrogens is 1. The molecule has 0 spiro atoms. The zero-order chi connectivity index (χ0) is 20.1. The summed E-state index contributed by atoms with van der Waals surface area (Å²) in [6.07, 6.45) is 1.69. The number of benzene rings is 2. The molecule has 0 aliphatic heterocycles. The maximum atomic E-state index is 12.8. The van der Waals surface area contributed by atoms with Crippen LogP contribution in [0.25, 0.3) is 0 Å². The molecule has 5 nitrogen and oxygen atoms in total. The Labute approximate surface area is 166 Å². The van der Waals surface area contributed by atoms with Crippen molar-refractivity contribution in [2.75, 3.05) is 18.0 Å². The van der Waals surface area contributed by atoms with Gasteiger partial charge in [0.15, 0.2) is 0 Å². The standard InChI is InChI=1S/C22H25N3O2S/c1-4-25(5-2)19-13-11-18(12-14-19)23-17-20-15-16-22(24(20)3)28(26,27)21-9-7-6-8-10-21/h6-17H,4-5H2,1-3H3. The lowest BCUT2D eigenvalue weighted by Crippen LogP contribution is -2.21. The predicted octanol–water partition coefficient (Wildman–Crippen LogP) is 4.45. The van der Waals surface area contributed by atoms with Crippen LogP contribution < -0.4 is 4.90 Å². The van der Waals surface area contributed by atoms with Crippen LogP contribution in [0.15, 0.2) is 81.6 Å². The number of rotatable bonds is 7. The fourth-order valence-corrected chi connectivity index (χ4v) is 4.58. The fourth-order valence-electron chi connectivity index (χ4n) is 3.11.